The zero-order chi connectivity index (χ0) is 16.7. The normalized spacial score (nSPS) is 11.3. The summed E-state index contributed by atoms with van der Waals surface area (Å²) < 4.78 is 64.3. The van der Waals surface area contributed by atoms with Crippen LogP contribution in [0.5, 0.6) is 6.01 Å². The van der Waals surface area contributed by atoms with Gasteiger partial charge in [0.2, 0.25) is 0 Å². The van der Waals surface area contributed by atoms with Gasteiger partial charge in [-0.05, 0) is 6.07 Å². The van der Waals surface area contributed by atoms with Crippen LogP contribution in [-0.4, -0.2) is 9.55 Å². The largest absolute Gasteiger partial charge is 0.845 e. The van der Waals surface area contributed by atoms with Gasteiger partial charge in [-0.25, -0.2) is 13.8 Å². The van der Waals surface area contributed by atoms with Gasteiger partial charge in [-0.2, -0.15) is 18.4 Å². The highest BCUT2D eigenvalue weighted by Crippen LogP contribution is 2.28. The second kappa shape index (κ2) is 5.10. The highest BCUT2D eigenvalue weighted by atomic mass is 19.4. The molecule has 114 valence electrons. The van der Waals surface area contributed by atoms with Crippen LogP contribution in [0, 0.1) is 23.0 Å². The molecule has 1 aromatic heterocycles. The smallest absolute Gasteiger partial charge is 0.433 e. The lowest BCUT2D eigenvalue weighted by Gasteiger charge is -2.17. The molecule has 10 heteroatoms. The second-order valence-corrected chi connectivity index (χ2v) is 3.99. The zero-order valence-corrected chi connectivity index (χ0v) is 10.3. The maximum atomic E-state index is 13.7. The number of halogens is 5. The van der Waals surface area contributed by atoms with Crippen molar-refractivity contribution in [3.63, 3.8) is 0 Å². The number of benzene rings is 1. The van der Waals surface area contributed by atoms with E-state index in [1.807, 2.05) is 0 Å². The van der Waals surface area contributed by atoms with Gasteiger partial charge in [0, 0.05) is 12.1 Å². The number of nitriles is 1. The first-order valence-electron chi connectivity index (χ1n) is 5.43. The average Bonchev–Trinajstić information content (AvgIpc) is 2.40. The lowest BCUT2D eigenvalue weighted by molar-refractivity contribution is -0.286. The molecular formula is C12H3F5N3O2-. The molecule has 0 aliphatic carbocycles. The molecule has 0 aliphatic rings. The van der Waals surface area contributed by atoms with Gasteiger partial charge in [0.25, 0.3) is 5.56 Å². The van der Waals surface area contributed by atoms with Gasteiger partial charge in [-0.1, -0.05) is 0 Å². The summed E-state index contributed by atoms with van der Waals surface area (Å²) in [6.45, 7) is 0. The van der Waals surface area contributed by atoms with E-state index in [1.165, 1.54) is 6.07 Å². The maximum Gasteiger partial charge on any atom is 0.433 e. The zero-order valence-electron chi connectivity index (χ0n) is 10.3. The number of aromatic nitrogens is 2. The molecule has 5 nitrogen and oxygen atoms in total. The van der Waals surface area contributed by atoms with Crippen LogP contribution in [0.2, 0.25) is 0 Å². The van der Waals surface area contributed by atoms with Crippen molar-refractivity contribution in [2.24, 2.45) is 0 Å². The molecule has 0 spiro atoms. The molecule has 2 rings (SSSR count). The molecule has 1 heterocycles. The number of rotatable bonds is 1. The summed E-state index contributed by atoms with van der Waals surface area (Å²) in [7, 11) is 0. The maximum absolute atomic E-state index is 13.7. The fourth-order valence-electron chi connectivity index (χ4n) is 1.62. The van der Waals surface area contributed by atoms with E-state index in [0.717, 1.165) is 0 Å². The van der Waals surface area contributed by atoms with Crippen molar-refractivity contribution in [1.82, 2.24) is 9.55 Å². The van der Waals surface area contributed by atoms with Crippen LogP contribution in [0.25, 0.3) is 5.69 Å². The van der Waals surface area contributed by atoms with Crippen LogP contribution < -0.4 is 10.7 Å². The van der Waals surface area contributed by atoms with Crippen LogP contribution in [0.4, 0.5) is 22.0 Å². The van der Waals surface area contributed by atoms with E-state index in [4.69, 9.17) is 5.26 Å². The van der Waals surface area contributed by atoms with Gasteiger partial charge >= 0.3 is 6.18 Å². The monoisotopic (exact) mass is 316 g/mol. The Morgan fingerprint density at radius 1 is 1.18 bits per heavy atom. The number of hydrogen-bond donors (Lipinski definition) is 0. The molecule has 0 radical (unpaired) electrons. The Bertz CT molecular complexity index is 852. The summed E-state index contributed by atoms with van der Waals surface area (Å²) in [5.41, 5.74) is -4.90. The van der Waals surface area contributed by atoms with Crippen LogP contribution in [0.3, 0.4) is 0 Å². The molecular weight excluding hydrogens is 313 g/mol. The van der Waals surface area contributed by atoms with E-state index in [1.54, 1.807) is 0 Å². The Labute approximate surface area is 118 Å². The summed E-state index contributed by atoms with van der Waals surface area (Å²) in [4.78, 5) is 14.2. The lowest BCUT2D eigenvalue weighted by atomic mass is 10.2. The van der Waals surface area contributed by atoms with E-state index in [0.29, 0.717) is 12.1 Å². The standard InChI is InChI=1S/C12H4F5N3O2/c13-6-2-8(7(14)1-5(6)4-18)20-10(21)3-9(12(15,16)17)19-11(20)22/h1-3H,(H,19,22)/p-1. The Morgan fingerprint density at radius 2 is 1.82 bits per heavy atom. The molecule has 0 saturated carbocycles. The minimum Gasteiger partial charge on any atom is -0.845 e. The Kier molecular flexibility index (Phi) is 3.58. The minimum absolute atomic E-state index is 0.0169. The van der Waals surface area contributed by atoms with Gasteiger partial charge in [0.15, 0.2) is 5.69 Å². The first kappa shape index (κ1) is 15.4. The molecule has 1 aromatic carbocycles. The average molecular weight is 316 g/mol. The molecule has 0 unspecified atom stereocenters. The van der Waals surface area contributed by atoms with E-state index in [-0.39, 0.29) is 10.6 Å². The summed E-state index contributed by atoms with van der Waals surface area (Å²) in [6.07, 6.45) is -5.04. The van der Waals surface area contributed by atoms with Crippen LogP contribution in [-0.2, 0) is 6.18 Å². The molecule has 22 heavy (non-hydrogen) atoms. The molecule has 0 amide bonds. The van der Waals surface area contributed by atoms with E-state index < -0.39 is 46.3 Å². The third kappa shape index (κ3) is 2.60. The molecule has 0 saturated heterocycles. The number of alkyl halides is 3. The summed E-state index contributed by atoms with van der Waals surface area (Å²) in [5, 5.41) is 20.0. The van der Waals surface area contributed by atoms with E-state index >= 15 is 0 Å². The van der Waals surface area contributed by atoms with Crippen molar-refractivity contribution in [2.45, 2.75) is 6.18 Å². The molecule has 0 fully saturated rings. The van der Waals surface area contributed by atoms with Crippen molar-refractivity contribution in [1.29, 1.82) is 5.26 Å². The quantitative estimate of drug-likeness (QED) is 0.746. The van der Waals surface area contributed by atoms with Crippen molar-refractivity contribution >= 4 is 0 Å². The van der Waals surface area contributed by atoms with Gasteiger partial charge in [0.1, 0.15) is 17.7 Å². The number of hydrogen-bond acceptors (Lipinski definition) is 4. The van der Waals surface area contributed by atoms with Crippen molar-refractivity contribution in [3.8, 4) is 17.8 Å². The fraction of sp³-hybridized carbons (Fsp3) is 0.0833. The predicted molar refractivity (Wildman–Crippen MR) is 58.9 cm³/mol. The third-order valence-electron chi connectivity index (χ3n) is 2.58. The third-order valence-corrected chi connectivity index (χ3v) is 2.58. The van der Waals surface area contributed by atoms with Gasteiger partial charge in [-0.3, -0.25) is 9.36 Å². The van der Waals surface area contributed by atoms with Crippen molar-refractivity contribution in [2.75, 3.05) is 0 Å². The Hall–Kier alpha value is -2.96. The van der Waals surface area contributed by atoms with Gasteiger partial charge in [-0.15, -0.1) is 0 Å². The predicted octanol–water partition coefficient (Wildman–Crippen LogP) is 1.47. The lowest BCUT2D eigenvalue weighted by Crippen LogP contribution is -2.27. The highest BCUT2D eigenvalue weighted by Gasteiger charge is 2.33. The second-order valence-electron chi connectivity index (χ2n) is 3.99. The summed E-state index contributed by atoms with van der Waals surface area (Å²) in [6, 6.07) is 0.355. The Morgan fingerprint density at radius 3 is 2.32 bits per heavy atom. The van der Waals surface area contributed by atoms with Gasteiger partial charge in [0.05, 0.1) is 17.3 Å². The summed E-state index contributed by atoms with van der Waals surface area (Å²) in [5.74, 6) is -2.58. The molecule has 0 bridgehead atoms. The van der Waals surface area contributed by atoms with Crippen LogP contribution in [0.1, 0.15) is 11.3 Å². The molecule has 2 aromatic rings. The fourth-order valence-corrected chi connectivity index (χ4v) is 1.62. The first-order chi connectivity index (χ1) is 10.1. The van der Waals surface area contributed by atoms with E-state index in [2.05, 4.69) is 4.98 Å². The first-order valence-corrected chi connectivity index (χ1v) is 5.43. The Balaban J connectivity index is 2.73. The van der Waals surface area contributed by atoms with E-state index in [9.17, 15) is 31.9 Å². The number of nitrogens with zero attached hydrogens (tertiary/aromatic N) is 3. The van der Waals surface area contributed by atoms with Crippen molar-refractivity contribution < 1.29 is 27.1 Å². The van der Waals surface area contributed by atoms with Gasteiger partial charge < -0.3 is 5.11 Å². The van der Waals surface area contributed by atoms with Crippen molar-refractivity contribution in [3.05, 3.63) is 51.4 Å². The summed E-state index contributed by atoms with van der Waals surface area (Å²) >= 11 is 0. The molecule has 0 atom stereocenters. The molecule has 0 N–H and O–H groups in total. The van der Waals surface area contributed by atoms with Crippen LogP contribution in [0.15, 0.2) is 23.0 Å². The minimum atomic E-state index is -5.04. The highest BCUT2D eigenvalue weighted by molar-refractivity contribution is 5.43. The van der Waals surface area contributed by atoms with Crippen LogP contribution >= 0.6 is 0 Å². The topological polar surface area (TPSA) is 81.7 Å². The molecule has 0 aliphatic heterocycles. The SMILES string of the molecule is N#Cc1cc(F)c(-n2c([O-])nc(C(F)(F)F)cc2=O)cc1F.